The first kappa shape index (κ1) is 17.8. The summed E-state index contributed by atoms with van der Waals surface area (Å²) in [5.74, 6) is 0.894. The quantitative estimate of drug-likeness (QED) is 0.772. The summed E-state index contributed by atoms with van der Waals surface area (Å²) >= 11 is 6.25. The highest BCUT2D eigenvalue weighted by molar-refractivity contribution is 6.31. The zero-order valence-electron chi connectivity index (χ0n) is 14.7. The largest absolute Gasteiger partial charge is 0.496 e. The first-order valence-electron chi connectivity index (χ1n) is 7.92. The van der Waals surface area contributed by atoms with Gasteiger partial charge in [0.2, 0.25) is 0 Å². The van der Waals surface area contributed by atoms with Crippen molar-refractivity contribution in [3.05, 3.63) is 45.7 Å². The van der Waals surface area contributed by atoms with Gasteiger partial charge in [-0.3, -0.25) is 4.68 Å². The molecule has 1 aromatic carbocycles. The average molecular weight is 336 g/mol. The van der Waals surface area contributed by atoms with Gasteiger partial charge < -0.3 is 9.64 Å². The molecule has 1 heterocycles. The van der Waals surface area contributed by atoms with Crippen molar-refractivity contribution in [2.24, 2.45) is 0 Å². The number of methoxy groups -OCH3 is 1. The van der Waals surface area contributed by atoms with Crippen molar-refractivity contribution < 1.29 is 4.74 Å². The Labute approximate surface area is 144 Å². The van der Waals surface area contributed by atoms with E-state index in [1.165, 1.54) is 5.56 Å². The van der Waals surface area contributed by atoms with Crippen molar-refractivity contribution in [3.63, 3.8) is 0 Å². The highest BCUT2D eigenvalue weighted by Crippen LogP contribution is 2.25. The van der Waals surface area contributed by atoms with Gasteiger partial charge >= 0.3 is 0 Å². The summed E-state index contributed by atoms with van der Waals surface area (Å²) < 4.78 is 7.45. The van der Waals surface area contributed by atoms with Crippen LogP contribution in [0.25, 0.3) is 0 Å². The van der Waals surface area contributed by atoms with E-state index in [1.807, 2.05) is 24.6 Å². The molecule has 0 aliphatic carbocycles. The molecule has 2 rings (SSSR count). The third-order valence-electron chi connectivity index (χ3n) is 4.03. The van der Waals surface area contributed by atoms with E-state index in [1.54, 1.807) is 7.11 Å². The minimum atomic E-state index is 0.671. The normalized spacial score (nSPS) is 11.3. The molecule has 0 radical (unpaired) electrons. The molecule has 0 aliphatic heterocycles. The maximum atomic E-state index is 6.25. The Hall–Kier alpha value is -1.52. The van der Waals surface area contributed by atoms with Crippen LogP contribution in [0.5, 0.6) is 5.75 Å². The zero-order valence-corrected chi connectivity index (χ0v) is 15.4. The van der Waals surface area contributed by atoms with Gasteiger partial charge in [-0.15, -0.1) is 0 Å². The fraction of sp³-hybridized carbons (Fsp3) is 0.500. The van der Waals surface area contributed by atoms with Crippen LogP contribution in [-0.2, 0) is 13.0 Å². The molecule has 1 aromatic heterocycles. The molecule has 0 fully saturated rings. The Balaban J connectivity index is 2.20. The number of hydrogen-bond acceptors (Lipinski definition) is 3. The molecule has 126 valence electrons. The minimum Gasteiger partial charge on any atom is -0.496 e. The number of ether oxygens (including phenoxy) is 1. The highest BCUT2D eigenvalue weighted by atomic mass is 35.5. The SMILES string of the molecule is COc1ccc(CCCN(C)C)cc1Cn1nc(C)c(Cl)c1C. The average Bonchev–Trinajstić information content (AvgIpc) is 2.74. The number of nitrogens with zero attached hydrogens (tertiary/aromatic N) is 3. The number of hydrogen-bond donors (Lipinski definition) is 0. The first-order valence-corrected chi connectivity index (χ1v) is 8.30. The first-order chi connectivity index (χ1) is 10.9. The van der Waals surface area contributed by atoms with Crippen LogP contribution in [0.2, 0.25) is 5.02 Å². The fourth-order valence-corrected chi connectivity index (χ4v) is 2.84. The molecule has 0 saturated carbocycles. The van der Waals surface area contributed by atoms with Crippen molar-refractivity contribution in [1.29, 1.82) is 0 Å². The molecule has 0 amide bonds. The number of aromatic nitrogens is 2. The molecule has 0 saturated heterocycles. The molecule has 0 atom stereocenters. The van der Waals surface area contributed by atoms with Crippen LogP contribution in [0.15, 0.2) is 18.2 Å². The Morgan fingerprint density at radius 2 is 2.00 bits per heavy atom. The zero-order chi connectivity index (χ0) is 17.0. The molecule has 0 N–H and O–H groups in total. The predicted octanol–water partition coefficient (Wildman–Crippen LogP) is 3.70. The smallest absolute Gasteiger partial charge is 0.123 e. The Bertz CT molecular complexity index is 665. The molecular formula is C18H26ClN3O. The van der Waals surface area contributed by atoms with Gasteiger partial charge in [-0.05, 0) is 59.0 Å². The van der Waals surface area contributed by atoms with Crippen LogP contribution in [0, 0.1) is 13.8 Å². The van der Waals surface area contributed by atoms with Gasteiger partial charge in [-0.25, -0.2) is 0 Å². The molecule has 0 spiro atoms. The van der Waals surface area contributed by atoms with E-state index in [9.17, 15) is 0 Å². The standard InChI is InChI=1S/C18H26ClN3O/c1-13-18(19)14(2)22(20-13)12-16-11-15(7-6-10-21(3)4)8-9-17(16)23-5/h8-9,11H,6-7,10,12H2,1-5H3. The molecule has 23 heavy (non-hydrogen) atoms. The molecule has 0 bridgehead atoms. The van der Waals surface area contributed by atoms with E-state index in [4.69, 9.17) is 16.3 Å². The topological polar surface area (TPSA) is 30.3 Å². The maximum Gasteiger partial charge on any atom is 0.123 e. The van der Waals surface area contributed by atoms with Gasteiger partial charge in [0.25, 0.3) is 0 Å². The van der Waals surface area contributed by atoms with E-state index in [0.29, 0.717) is 6.54 Å². The van der Waals surface area contributed by atoms with Crippen molar-refractivity contribution >= 4 is 11.6 Å². The minimum absolute atomic E-state index is 0.671. The van der Waals surface area contributed by atoms with Gasteiger partial charge in [-0.2, -0.15) is 5.10 Å². The van der Waals surface area contributed by atoms with Gasteiger partial charge in [-0.1, -0.05) is 23.7 Å². The molecule has 0 aliphatic rings. The van der Waals surface area contributed by atoms with Gasteiger partial charge in [0.15, 0.2) is 0 Å². The molecular weight excluding hydrogens is 310 g/mol. The van der Waals surface area contributed by atoms with Crippen molar-refractivity contribution in [1.82, 2.24) is 14.7 Å². The van der Waals surface area contributed by atoms with Crippen LogP contribution in [-0.4, -0.2) is 42.4 Å². The second-order valence-corrected chi connectivity index (χ2v) is 6.57. The predicted molar refractivity (Wildman–Crippen MR) is 95.7 cm³/mol. The monoisotopic (exact) mass is 335 g/mol. The molecule has 0 unspecified atom stereocenters. The lowest BCUT2D eigenvalue weighted by atomic mass is 10.1. The van der Waals surface area contributed by atoms with Crippen molar-refractivity contribution in [3.8, 4) is 5.75 Å². The lowest BCUT2D eigenvalue weighted by Gasteiger charge is -2.13. The van der Waals surface area contributed by atoms with Crippen molar-refractivity contribution in [2.75, 3.05) is 27.7 Å². The van der Waals surface area contributed by atoms with E-state index in [-0.39, 0.29) is 0 Å². The number of benzene rings is 1. The van der Waals surface area contributed by atoms with E-state index < -0.39 is 0 Å². The summed E-state index contributed by atoms with van der Waals surface area (Å²) in [6, 6.07) is 6.42. The summed E-state index contributed by atoms with van der Waals surface area (Å²) in [4.78, 5) is 2.21. The molecule has 5 heteroatoms. The van der Waals surface area contributed by atoms with Crippen LogP contribution in [0.4, 0.5) is 0 Å². The van der Waals surface area contributed by atoms with Crippen LogP contribution in [0.3, 0.4) is 0 Å². The maximum absolute atomic E-state index is 6.25. The number of aryl methyl sites for hydroxylation is 2. The van der Waals surface area contributed by atoms with Crippen LogP contribution >= 0.6 is 11.6 Å². The van der Waals surface area contributed by atoms with E-state index >= 15 is 0 Å². The van der Waals surface area contributed by atoms with Crippen LogP contribution < -0.4 is 4.74 Å². The second-order valence-electron chi connectivity index (χ2n) is 6.20. The third-order valence-corrected chi connectivity index (χ3v) is 4.58. The number of halogens is 1. The molecule has 4 nitrogen and oxygen atoms in total. The second kappa shape index (κ2) is 7.84. The summed E-state index contributed by atoms with van der Waals surface area (Å²) in [6.45, 7) is 5.69. The van der Waals surface area contributed by atoms with Gasteiger partial charge in [0.05, 0.1) is 30.1 Å². The lowest BCUT2D eigenvalue weighted by molar-refractivity contribution is 0.399. The third kappa shape index (κ3) is 4.49. The fourth-order valence-electron chi connectivity index (χ4n) is 2.70. The Morgan fingerprint density at radius 3 is 2.57 bits per heavy atom. The summed E-state index contributed by atoms with van der Waals surface area (Å²) in [5.41, 5.74) is 4.32. The van der Waals surface area contributed by atoms with Gasteiger partial charge in [0, 0.05) is 5.56 Å². The Kier molecular flexibility index (Phi) is 6.08. The summed E-state index contributed by atoms with van der Waals surface area (Å²) in [6.07, 6.45) is 2.21. The molecule has 2 aromatic rings. The van der Waals surface area contributed by atoms with E-state index in [0.717, 1.165) is 47.1 Å². The van der Waals surface area contributed by atoms with Crippen LogP contribution in [0.1, 0.15) is 28.9 Å². The van der Waals surface area contributed by atoms with E-state index in [2.05, 4.69) is 36.2 Å². The summed E-state index contributed by atoms with van der Waals surface area (Å²) in [5, 5.41) is 5.26. The number of rotatable bonds is 7. The lowest BCUT2D eigenvalue weighted by Crippen LogP contribution is -2.13. The highest BCUT2D eigenvalue weighted by Gasteiger charge is 2.12. The van der Waals surface area contributed by atoms with Crippen molar-refractivity contribution in [2.45, 2.75) is 33.2 Å². The Morgan fingerprint density at radius 1 is 1.26 bits per heavy atom. The summed E-state index contributed by atoms with van der Waals surface area (Å²) in [7, 11) is 5.91. The van der Waals surface area contributed by atoms with Gasteiger partial charge in [0.1, 0.15) is 5.75 Å².